The van der Waals surface area contributed by atoms with E-state index in [1.165, 1.54) is 42.4 Å². The first-order chi connectivity index (χ1) is 15.4. The van der Waals surface area contributed by atoms with E-state index < -0.39 is 11.9 Å². The van der Waals surface area contributed by atoms with E-state index in [2.05, 4.69) is 35.8 Å². The Balaban J connectivity index is 0.000000534. The van der Waals surface area contributed by atoms with Crippen LogP contribution >= 0.6 is 0 Å². The van der Waals surface area contributed by atoms with Crippen LogP contribution in [0.1, 0.15) is 42.5 Å². The van der Waals surface area contributed by atoms with Crippen molar-refractivity contribution >= 4 is 17.8 Å². The summed E-state index contributed by atoms with van der Waals surface area (Å²) in [5.41, 5.74) is 4.22. The molecule has 0 saturated heterocycles. The van der Waals surface area contributed by atoms with Crippen molar-refractivity contribution in [1.29, 1.82) is 0 Å². The molecule has 0 bridgehead atoms. The van der Waals surface area contributed by atoms with Gasteiger partial charge in [0, 0.05) is 6.04 Å². The van der Waals surface area contributed by atoms with Crippen molar-refractivity contribution in [3.05, 3.63) is 65.2 Å². The molecule has 32 heavy (non-hydrogen) atoms. The fraction of sp³-hybridized carbons (Fsp3) is 0.375. The van der Waals surface area contributed by atoms with Crippen LogP contribution in [0.25, 0.3) is 0 Å². The quantitative estimate of drug-likeness (QED) is 0.366. The van der Waals surface area contributed by atoms with Crippen molar-refractivity contribution in [1.82, 2.24) is 10.6 Å². The number of carboxylic acid groups (broad SMARTS) is 2. The molecule has 1 amide bonds. The highest BCUT2D eigenvalue weighted by Crippen LogP contribution is 2.24. The van der Waals surface area contributed by atoms with Crippen molar-refractivity contribution in [3.63, 3.8) is 0 Å². The molecule has 0 heterocycles. The summed E-state index contributed by atoms with van der Waals surface area (Å²) in [7, 11) is 0. The van der Waals surface area contributed by atoms with Crippen LogP contribution in [-0.4, -0.2) is 47.8 Å². The van der Waals surface area contributed by atoms with Gasteiger partial charge in [-0.3, -0.25) is 4.79 Å². The molecule has 1 unspecified atom stereocenters. The maximum Gasteiger partial charge on any atom is 0.414 e. The molecule has 8 heteroatoms. The summed E-state index contributed by atoms with van der Waals surface area (Å²) >= 11 is 0. The van der Waals surface area contributed by atoms with E-state index >= 15 is 0 Å². The molecular formula is C24H30N2O6. The number of benzene rings is 2. The number of amides is 1. The Morgan fingerprint density at radius 2 is 1.62 bits per heavy atom. The number of aliphatic carboxylic acids is 2. The molecule has 8 nitrogen and oxygen atoms in total. The van der Waals surface area contributed by atoms with Crippen LogP contribution in [-0.2, 0) is 27.2 Å². The first-order valence-corrected chi connectivity index (χ1v) is 10.6. The lowest BCUT2D eigenvalue weighted by Crippen LogP contribution is -2.37. The van der Waals surface area contributed by atoms with Crippen LogP contribution in [0, 0.1) is 0 Å². The van der Waals surface area contributed by atoms with Crippen LogP contribution in [0.3, 0.4) is 0 Å². The highest BCUT2D eigenvalue weighted by Gasteiger charge is 2.13. The Hall–Kier alpha value is -3.39. The fourth-order valence-electron chi connectivity index (χ4n) is 3.32. The number of hydrogen-bond acceptors (Lipinski definition) is 5. The average molecular weight is 443 g/mol. The minimum absolute atomic E-state index is 0.00790. The number of nitrogens with one attached hydrogen (secondary N) is 2. The lowest BCUT2D eigenvalue weighted by molar-refractivity contribution is -0.159. The number of carbonyl (C=O) groups excluding carboxylic acids is 1. The van der Waals surface area contributed by atoms with Crippen molar-refractivity contribution in [2.45, 2.75) is 38.6 Å². The van der Waals surface area contributed by atoms with Crippen molar-refractivity contribution in [2.24, 2.45) is 0 Å². The third kappa shape index (κ3) is 8.77. The van der Waals surface area contributed by atoms with E-state index in [0.717, 1.165) is 5.75 Å². The molecule has 1 atom stereocenters. The average Bonchev–Trinajstić information content (AvgIpc) is 2.81. The van der Waals surface area contributed by atoms with Gasteiger partial charge in [-0.1, -0.05) is 36.4 Å². The molecule has 1 aliphatic carbocycles. The smallest absolute Gasteiger partial charge is 0.414 e. The van der Waals surface area contributed by atoms with Crippen LogP contribution in [0.2, 0.25) is 0 Å². The zero-order valence-electron chi connectivity index (χ0n) is 18.2. The number of rotatable bonds is 8. The first kappa shape index (κ1) is 24.9. The minimum atomic E-state index is -1.82. The number of aryl methyl sites for hydroxylation is 2. The molecule has 2 aromatic rings. The molecule has 0 aliphatic heterocycles. The molecule has 4 N–H and O–H groups in total. The molecule has 172 valence electrons. The minimum Gasteiger partial charge on any atom is -0.492 e. The summed E-state index contributed by atoms with van der Waals surface area (Å²) in [6.07, 6.45) is 4.96. The van der Waals surface area contributed by atoms with Gasteiger partial charge >= 0.3 is 11.9 Å². The van der Waals surface area contributed by atoms with Gasteiger partial charge in [0.25, 0.3) is 0 Å². The van der Waals surface area contributed by atoms with Gasteiger partial charge < -0.3 is 25.6 Å². The molecule has 0 aromatic heterocycles. The Kier molecular flexibility index (Phi) is 10.2. The van der Waals surface area contributed by atoms with Gasteiger partial charge in [-0.05, 0) is 61.4 Å². The first-order valence-electron chi connectivity index (χ1n) is 10.6. The standard InChI is InChI=1S/C22H28N2O2.C2H2O4/c1-17(19-12-11-18-7-5-6-8-20(18)15-19)24-16-22(25)23-13-14-26-21-9-3-2-4-10-21;3-1(4)2(5)6/h2-4,9-12,15,17,24H,5-8,13-14,16H2,1H3,(H,23,25);(H,3,4)(H,5,6). The van der Waals surface area contributed by atoms with Gasteiger partial charge in [-0.15, -0.1) is 0 Å². The van der Waals surface area contributed by atoms with Crippen LogP contribution in [0.4, 0.5) is 0 Å². The monoisotopic (exact) mass is 442 g/mol. The Labute approximate surface area is 187 Å². The van der Waals surface area contributed by atoms with Crippen molar-refractivity contribution in [2.75, 3.05) is 19.7 Å². The molecule has 0 fully saturated rings. The highest BCUT2D eigenvalue weighted by molar-refractivity contribution is 6.27. The molecule has 3 rings (SSSR count). The summed E-state index contributed by atoms with van der Waals surface area (Å²) < 4.78 is 5.57. The number of carboxylic acids is 2. The zero-order valence-corrected chi connectivity index (χ0v) is 18.2. The molecule has 2 aromatic carbocycles. The summed E-state index contributed by atoms with van der Waals surface area (Å²) in [6.45, 7) is 3.39. The lowest BCUT2D eigenvalue weighted by atomic mass is 9.89. The number of ether oxygens (including phenoxy) is 1. The number of fused-ring (bicyclic) bond motifs is 1. The predicted octanol–water partition coefficient (Wildman–Crippen LogP) is 2.57. The Morgan fingerprint density at radius 1 is 0.969 bits per heavy atom. The van der Waals surface area contributed by atoms with Crippen molar-refractivity contribution < 1.29 is 29.3 Å². The maximum absolute atomic E-state index is 12.0. The fourth-order valence-corrected chi connectivity index (χ4v) is 3.32. The Bertz CT molecular complexity index is 889. The number of carbonyl (C=O) groups is 3. The third-order valence-electron chi connectivity index (χ3n) is 5.06. The van der Waals surface area contributed by atoms with Gasteiger partial charge in [0.05, 0.1) is 13.1 Å². The predicted molar refractivity (Wildman–Crippen MR) is 120 cm³/mol. The second-order valence-corrected chi connectivity index (χ2v) is 7.46. The van der Waals surface area contributed by atoms with E-state index in [9.17, 15) is 4.79 Å². The van der Waals surface area contributed by atoms with Crippen molar-refractivity contribution in [3.8, 4) is 5.75 Å². The summed E-state index contributed by atoms with van der Waals surface area (Å²) in [5, 5.41) is 21.0. The van der Waals surface area contributed by atoms with Gasteiger partial charge in [-0.2, -0.15) is 0 Å². The Morgan fingerprint density at radius 3 is 2.28 bits per heavy atom. The van der Waals surface area contributed by atoms with E-state index in [4.69, 9.17) is 24.5 Å². The van der Waals surface area contributed by atoms with Crippen LogP contribution in [0.15, 0.2) is 48.5 Å². The van der Waals surface area contributed by atoms with Crippen LogP contribution in [0.5, 0.6) is 5.75 Å². The maximum atomic E-state index is 12.0. The summed E-state index contributed by atoms with van der Waals surface area (Å²) in [6, 6.07) is 16.5. The highest BCUT2D eigenvalue weighted by atomic mass is 16.5. The largest absolute Gasteiger partial charge is 0.492 e. The second-order valence-electron chi connectivity index (χ2n) is 7.46. The zero-order chi connectivity index (χ0) is 23.3. The van der Waals surface area contributed by atoms with E-state index in [1.807, 2.05) is 30.3 Å². The molecule has 0 saturated carbocycles. The topological polar surface area (TPSA) is 125 Å². The number of hydrogen-bond donors (Lipinski definition) is 4. The summed E-state index contributed by atoms with van der Waals surface area (Å²) in [5.74, 6) is -2.84. The third-order valence-corrected chi connectivity index (χ3v) is 5.06. The lowest BCUT2D eigenvalue weighted by Gasteiger charge is -2.20. The molecule has 0 spiro atoms. The van der Waals surface area contributed by atoms with Gasteiger partial charge in [0.15, 0.2) is 0 Å². The molecular weight excluding hydrogens is 412 g/mol. The molecule has 1 aliphatic rings. The molecule has 0 radical (unpaired) electrons. The van der Waals surface area contributed by atoms with E-state index in [0.29, 0.717) is 19.7 Å². The van der Waals surface area contributed by atoms with Gasteiger partial charge in [0.1, 0.15) is 12.4 Å². The van der Waals surface area contributed by atoms with Gasteiger partial charge in [0.2, 0.25) is 5.91 Å². The van der Waals surface area contributed by atoms with Crippen LogP contribution < -0.4 is 15.4 Å². The summed E-state index contributed by atoms with van der Waals surface area (Å²) in [4.78, 5) is 30.2. The SMILES string of the molecule is CC(NCC(=O)NCCOc1ccccc1)c1ccc2c(c1)CCCC2.O=C(O)C(=O)O. The van der Waals surface area contributed by atoms with Gasteiger partial charge in [-0.25, -0.2) is 9.59 Å². The van der Waals surface area contributed by atoms with E-state index in [-0.39, 0.29) is 11.9 Å². The van der Waals surface area contributed by atoms with E-state index in [1.54, 1.807) is 0 Å². The second kappa shape index (κ2) is 13.1. The number of para-hydroxylation sites is 1. The normalized spacial score (nSPS) is 13.0.